The Labute approximate surface area is 225 Å². The fourth-order valence-electron chi connectivity index (χ4n) is 4.34. The van der Waals surface area contributed by atoms with Crippen LogP contribution in [0.4, 0.5) is 13.2 Å². The molecule has 1 unspecified atom stereocenters. The fraction of sp³-hybridized carbons (Fsp3) is 0.321. The Bertz CT molecular complexity index is 1420. The molecule has 3 aromatic rings. The van der Waals surface area contributed by atoms with Gasteiger partial charge in [-0.1, -0.05) is 24.3 Å². The van der Waals surface area contributed by atoms with E-state index in [9.17, 15) is 26.4 Å². The number of ether oxygens (including phenoxy) is 2. The van der Waals surface area contributed by atoms with Crippen LogP contribution >= 0.6 is 0 Å². The number of amides is 1. The molecule has 11 heteroatoms. The van der Waals surface area contributed by atoms with Gasteiger partial charge < -0.3 is 15.2 Å². The topological polar surface area (TPSA) is 108 Å². The summed E-state index contributed by atoms with van der Waals surface area (Å²) in [6.45, 7) is 1.80. The highest BCUT2D eigenvalue weighted by Gasteiger charge is 2.36. The van der Waals surface area contributed by atoms with Crippen molar-refractivity contribution in [1.82, 2.24) is 4.72 Å². The van der Waals surface area contributed by atoms with E-state index >= 15 is 0 Å². The molecule has 0 aromatic heterocycles. The van der Waals surface area contributed by atoms with Crippen molar-refractivity contribution in [2.45, 2.75) is 62.4 Å². The van der Waals surface area contributed by atoms with E-state index in [4.69, 9.17) is 15.2 Å². The zero-order valence-corrected chi connectivity index (χ0v) is 22.0. The van der Waals surface area contributed by atoms with Crippen LogP contribution in [0.1, 0.15) is 65.8 Å². The average molecular weight is 563 g/mol. The molecule has 39 heavy (non-hydrogen) atoms. The van der Waals surface area contributed by atoms with Gasteiger partial charge in [0, 0.05) is 12.1 Å². The maximum atomic E-state index is 14.0. The molecule has 1 aliphatic rings. The molecule has 0 aliphatic heterocycles. The summed E-state index contributed by atoms with van der Waals surface area (Å²) in [5, 5.41) is 0. The minimum absolute atomic E-state index is 0.126. The van der Waals surface area contributed by atoms with Crippen LogP contribution in [0.5, 0.6) is 11.5 Å². The molecule has 1 fully saturated rings. The number of nitrogens with one attached hydrogen (secondary N) is 1. The summed E-state index contributed by atoms with van der Waals surface area (Å²) in [4.78, 5) is 12.4. The minimum Gasteiger partial charge on any atom is -0.490 e. The summed E-state index contributed by atoms with van der Waals surface area (Å²) in [6, 6.07) is 15.1. The third-order valence-electron chi connectivity index (χ3n) is 6.48. The van der Waals surface area contributed by atoms with Crippen molar-refractivity contribution < 1.29 is 35.9 Å². The van der Waals surface area contributed by atoms with Crippen molar-refractivity contribution in [2.75, 3.05) is 0 Å². The predicted octanol–water partition coefficient (Wildman–Crippen LogP) is 5.74. The lowest BCUT2D eigenvalue weighted by Crippen LogP contribution is -2.30. The first-order valence-electron chi connectivity index (χ1n) is 12.5. The van der Waals surface area contributed by atoms with Gasteiger partial charge in [-0.2, -0.15) is 13.2 Å². The van der Waals surface area contributed by atoms with Gasteiger partial charge in [0.2, 0.25) is 0 Å². The predicted molar refractivity (Wildman–Crippen MR) is 139 cm³/mol. The number of benzene rings is 3. The first-order valence-corrected chi connectivity index (χ1v) is 14.0. The molecule has 7 nitrogen and oxygen atoms in total. The van der Waals surface area contributed by atoms with Crippen molar-refractivity contribution >= 4 is 15.9 Å². The second kappa shape index (κ2) is 11.7. The number of sulfonamides is 1. The molecule has 1 atom stereocenters. The smallest absolute Gasteiger partial charge is 0.419 e. The quantitative estimate of drug-likeness (QED) is 0.344. The van der Waals surface area contributed by atoms with Crippen LogP contribution in [0.3, 0.4) is 0 Å². The second-order valence-electron chi connectivity index (χ2n) is 9.35. The molecule has 0 radical (unpaired) electrons. The molecular weight excluding hydrogens is 533 g/mol. The lowest BCUT2D eigenvalue weighted by Gasteiger charge is -2.21. The molecule has 0 saturated heterocycles. The highest BCUT2D eigenvalue weighted by molar-refractivity contribution is 7.90. The third kappa shape index (κ3) is 7.10. The number of halogens is 3. The average Bonchev–Trinajstić information content (AvgIpc) is 3.41. The monoisotopic (exact) mass is 562 g/mol. The van der Waals surface area contributed by atoms with Crippen LogP contribution in [0.2, 0.25) is 0 Å². The Kier molecular flexibility index (Phi) is 8.51. The first kappa shape index (κ1) is 28.4. The number of hydrogen-bond acceptors (Lipinski definition) is 6. The van der Waals surface area contributed by atoms with E-state index in [1.165, 1.54) is 24.3 Å². The van der Waals surface area contributed by atoms with Gasteiger partial charge in [-0.05, 0) is 86.2 Å². The molecule has 3 aromatic carbocycles. The van der Waals surface area contributed by atoms with Gasteiger partial charge in [0.15, 0.2) is 0 Å². The Hall–Kier alpha value is -3.57. The fourth-order valence-corrected chi connectivity index (χ4v) is 5.31. The number of hydrogen-bond donors (Lipinski definition) is 2. The molecule has 1 saturated carbocycles. The van der Waals surface area contributed by atoms with Crippen molar-refractivity contribution in [3.8, 4) is 11.5 Å². The zero-order valence-electron chi connectivity index (χ0n) is 21.2. The Balaban J connectivity index is 1.52. The van der Waals surface area contributed by atoms with Gasteiger partial charge >= 0.3 is 6.18 Å². The number of rotatable bonds is 9. The molecule has 208 valence electrons. The van der Waals surface area contributed by atoms with Crippen molar-refractivity contribution in [3.63, 3.8) is 0 Å². The first-order chi connectivity index (χ1) is 18.5. The molecule has 1 aliphatic carbocycles. The highest BCUT2D eigenvalue weighted by Crippen LogP contribution is 2.39. The van der Waals surface area contributed by atoms with Gasteiger partial charge in [0.1, 0.15) is 17.6 Å². The van der Waals surface area contributed by atoms with Crippen LogP contribution in [0, 0.1) is 0 Å². The maximum Gasteiger partial charge on any atom is 0.419 e. The minimum atomic E-state index is -4.87. The molecular formula is C28H29F3N2O5S. The van der Waals surface area contributed by atoms with Gasteiger partial charge in [-0.25, -0.2) is 13.1 Å². The van der Waals surface area contributed by atoms with Crippen LogP contribution < -0.4 is 19.9 Å². The molecule has 4 rings (SSSR count). The highest BCUT2D eigenvalue weighted by atomic mass is 32.2. The molecule has 1 amide bonds. The van der Waals surface area contributed by atoms with Crippen molar-refractivity contribution in [2.24, 2.45) is 5.73 Å². The normalized spacial score (nSPS) is 15.1. The molecule has 3 N–H and O–H groups in total. The van der Waals surface area contributed by atoms with Crippen LogP contribution in [0.25, 0.3) is 0 Å². The Morgan fingerprint density at radius 3 is 2.38 bits per heavy atom. The molecule has 0 spiro atoms. The van der Waals surface area contributed by atoms with Gasteiger partial charge in [-0.15, -0.1) is 0 Å². The summed E-state index contributed by atoms with van der Waals surface area (Å²) >= 11 is 0. The van der Waals surface area contributed by atoms with E-state index in [0.29, 0.717) is 22.9 Å². The van der Waals surface area contributed by atoms with Crippen LogP contribution in [-0.2, 0) is 22.7 Å². The summed E-state index contributed by atoms with van der Waals surface area (Å²) in [6.07, 6.45) is -1.37. The molecule has 0 bridgehead atoms. The Morgan fingerprint density at radius 2 is 1.74 bits per heavy atom. The van der Waals surface area contributed by atoms with E-state index in [1.54, 1.807) is 35.9 Å². The summed E-state index contributed by atoms with van der Waals surface area (Å²) in [5.41, 5.74) is 5.10. The zero-order chi connectivity index (χ0) is 28.2. The Morgan fingerprint density at radius 1 is 1.05 bits per heavy atom. The summed E-state index contributed by atoms with van der Waals surface area (Å²) in [7, 11) is -4.32. The third-order valence-corrected chi connectivity index (χ3v) is 7.83. The van der Waals surface area contributed by atoms with E-state index in [-0.39, 0.29) is 17.5 Å². The standard InChI is InChI=1S/C28H29F3N2O5S/c1-18(20-5-4-8-23(15-20)38-22-6-2-3-7-22)37-26-14-11-21(16-25(26)28(29,30)31)27(34)33-39(35,36)24-12-9-19(17-32)10-13-24/h4-5,8-16,18,22H,2-3,6-7,17,32H2,1H3,(H,33,34). The van der Waals surface area contributed by atoms with Crippen molar-refractivity contribution in [1.29, 1.82) is 0 Å². The van der Waals surface area contributed by atoms with Crippen molar-refractivity contribution in [3.05, 3.63) is 89.0 Å². The van der Waals surface area contributed by atoms with E-state index < -0.39 is 45.1 Å². The van der Waals surface area contributed by atoms with Crippen LogP contribution in [0.15, 0.2) is 71.6 Å². The number of carbonyl (C=O) groups is 1. The SMILES string of the molecule is CC(Oc1ccc(C(=O)NS(=O)(=O)c2ccc(CN)cc2)cc1C(F)(F)F)c1cccc(OC2CCCC2)c1. The van der Waals surface area contributed by atoms with Gasteiger partial charge in [0.25, 0.3) is 15.9 Å². The number of alkyl halides is 3. The largest absolute Gasteiger partial charge is 0.490 e. The molecule has 0 heterocycles. The number of nitrogens with two attached hydrogens (primary N) is 1. The summed E-state index contributed by atoms with van der Waals surface area (Å²) in [5.74, 6) is -1.08. The second-order valence-corrected chi connectivity index (χ2v) is 11.0. The van der Waals surface area contributed by atoms with Gasteiger partial charge in [0.05, 0.1) is 16.6 Å². The van der Waals surface area contributed by atoms with E-state index in [2.05, 4.69) is 0 Å². The van der Waals surface area contributed by atoms with E-state index in [0.717, 1.165) is 37.8 Å². The lowest BCUT2D eigenvalue weighted by atomic mass is 10.1. The summed E-state index contributed by atoms with van der Waals surface area (Å²) < 4.78 is 80.5. The van der Waals surface area contributed by atoms with E-state index in [1.807, 2.05) is 0 Å². The maximum absolute atomic E-state index is 14.0. The van der Waals surface area contributed by atoms with Gasteiger partial charge in [-0.3, -0.25) is 4.79 Å². The van der Waals surface area contributed by atoms with Crippen LogP contribution in [-0.4, -0.2) is 20.4 Å². The lowest BCUT2D eigenvalue weighted by molar-refractivity contribution is -0.139. The number of carbonyl (C=O) groups excluding carboxylic acids is 1.